The Kier molecular flexibility index (Phi) is 5.19. The van der Waals surface area contributed by atoms with Crippen LogP contribution < -0.4 is 4.74 Å². The molecule has 2 aromatic rings. The van der Waals surface area contributed by atoms with Crippen molar-refractivity contribution in [2.75, 3.05) is 19.6 Å². The molecule has 5 heteroatoms. The third-order valence-electron chi connectivity index (χ3n) is 6.62. The van der Waals surface area contributed by atoms with Gasteiger partial charge in [-0.1, -0.05) is 37.1 Å². The fourth-order valence-electron chi connectivity index (χ4n) is 5.01. The van der Waals surface area contributed by atoms with E-state index in [1.54, 1.807) is 0 Å². The summed E-state index contributed by atoms with van der Waals surface area (Å²) in [6.45, 7) is 4.48. The van der Waals surface area contributed by atoms with Crippen LogP contribution in [0.1, 0.15) is 44.6 Å². The smallest absolute Gasteiger partial charge is 0.223 e. The van der Waals surface area contributed by atoms with Crippen LogP contribution in [-0.4, -0.2) is 47.2 Å². The second-order valence-corrected chi connectivity index (χ2v) is 8.74. The van der Waals surface area contributed by atoms with Crippen LogP contribution >= 0.6 is 0 Å². The zero-order valence-corrected chi connectivity index (χ0v) is 17.6. The summed E-state index contributed by atoms with van der Waals surface area (Å²) in [5.41, 5.74) is 1.85. The monoisotopic (exact) mass is 403 g/mol. The lowest BCUT2D eigenvalue weighted by molar-refractivity contribution is -0.135. The van der Waals surface area contributed by atoms with Crippen LogP contribution in [0.4, 0.5) is 5.69 Å². The van der Waals surface area contributed by atoms with Gasteiger partial charge in [-0.3, -0.25) is 4.79 Å². The van der Waals surface area contributed by atoms with E-state index < -0.39 is 0 Å². The topological polar surface area (TPSA) is 45.1 Å². The molecule has 2 fully saturated rings. The first-order chi connectivity index (χ1) is 14.7. The van der Waals surface area contributed by atoms with Gasteiger partial charge in [0.1, 0.15) is 17.3 Å². The van der Waals surface area contributed by atoms with Gasteiger partial charge in [0, 0.05) is 32.1 Å². The summed E-state index contributed by atoms with van der Waals surface area (Å²) in [5, 5.41) is 0. The molecule has 1 saturated heterocycles. The molecule has 5 rings (SSSR count). The summed E-state index contributed by atoms with van der Waals surface area (Å²) in [6, 6.07) is 16.2. The fraction of sp³-hybridized carbons (Fsp3) is 0.440. The summed E-state index contributed by atoms with van der Waals surface area (Å²) in [6.07, 6.45) is 5.71. The van der Waals surface area contributed by atoms with Crippen molar-refractivity contribution >= 4 is 17.4 Å². The van der Waals surface area contributed by atoms with Gasteiger partial charge in [-0.25, -0.2) is 4.99 Å². The lowest BCUT2D eigenvalue weighted by Crippen LogP contribution is -2.55. The first kappa shape index (κ1) is 19.2. The summed E-state index contributed by atoms with van der Waals surface area (Å²) < 4.78 is 6.18. The molecule has 0 spiro atoms. The van der Waals surface area contributed by atoms with Crippen molar-refractivity contribution in [1.29, 1.82) is 0 Å². The number of rotatable bonds is 2. The number of amidine groups is 1. The van der Waals surface area contributed by atoms with Crippen molar-refractivity contribution in [3.05, 3.63) is 54.1 Å². The van der Waals surface area contributed by atoms with E-state index in [2.05, 4.69) is 22.8 Å². The van der Waals surface area contributed by atoms with Gasteiger partial charge in [0.25, 0.3) is 0 Å². The Bertz CT molecular complexity index is 964. The lowest BCUT2D eigenvalue weighted by atomic mass is 10.0. The molecule has 156 valence electrons. The molecule has 1 amide bonds. The zero-order valence-electron chi connectivity index (χ0n) is 17.6. The highest BCUT2D eigenvalue weighted by Gasteiger charge is 2.32. The number of hydrogen-bond donors (Lipinski definition) is 0. The molecule has 30 heavy (non-hydrogen) atoms. The molecule has 2 heterocycles. The fourth-order valence-corrected chi connectivity index (χ4v) is 5.01. The van der Waals surface area contributed by atoms with Gasteiger partial charge in [-0.15, -0.1) is 0 Å². The summed E-state index contributed by atoms with van der Waals surface area (Å²) in [4.78, 5) is 22.3. The van der Waals surface area contributed by atoms with Crippen LogP contribution in [0.15, 0.2) is 53.5 Å². The van der Waals surface area contributed by atoms with Crippen molar-refractivity contribution < 1.29 is 9.53 Å². The number of benzene rings is 2. The molecule has 0 bridgehead atoms. The van der Waals surface area contributed by atoms with Gasteiger partial charge >= 0.3 is 0 Å². The first-order valence-corrected chi connectivity index (χ1v) is 11.2. The number of nitrogens with zero attached hydrogens (tertiary/aromatic N) is 3. The van der Waals surface area contributed by atoms with Crippen LogP contribution in [0.25, 0.3) is 0 Å². The molecule has 1 aliphatic carbocycles. The average molecular weight is 404 g/mol. The highest BCUT2D eigenvalue weighted by atomic mass is 16.5. The Balaban J connectivity index is 1.38. The maximum Gasteiger partial charge on any atom is 0.223 e. The van der Waals surface area contributed by atoms with Gasteiger partial charge in [0.05, 0.1) is 5.56 Å². The second-order valence-electron chi connectivity index (χ2n) is 8.74. The number of aliphatic imine (C=N–C) groups is 1. The number of ether oxygens (including phenoxy) is 1. The number of fused-ring (bicyclic) bond motifs is 2. The number of carbonyl (C=O) groups excluding carboxylic acids is 1. The molecule has 0 aromatic heterocycles. The molecule has 2 aromatic carbocycles. The Hall–Kier alpha value is -2.82. The van der Waals surface area contributed by atoms with Crippen LogP contribution in [0.2, 0.25) is 0 Å². The standard InChI is InChI=1S/C25H29N3O2/c1-18-17-27(14-15-28(18)24(29)16-19-8-2-3-9-19)25-20-10-4-6-12-22(20)30-23-13-7-5-11-21(23)26-25/h4-7,10-13,18-19H,2-3,8-9,14-17H2,1H3. The van der Waals surface area contributed by atoms with E-state index in [1.165, 1.54) is 25.7 Å². The molecule has 3 aliphatic rings. The second kappa shape index (κ2) is 8.13. The Morgan fingerprint density at radius 2 is 1.77 bits per heavy atom. The summed E-state index contributed by atoms with van der Waals surface area (Å²) >= 11 is 0. The van der Waals surface area contributed by atoms with Crippen molar-refractivity contribution in [3.63, 3.8) is 0 Å². The van der Waals surface area contributed by atoms with Crippen molar-refractivity contribution in [2.45, 2.75) is 45.1 Å². The quantitative estimate of drug-likeness (QED) is 0.710. The minimum Gasteiger partial charge on any atom is -0.454 e. The molecule has 1 atom stereocenters. The van der Waals surface area contributed by atoms with E-state index >= 15 is 0 Å². The average Bonchev–Trinajstić information content (AvgIpc) is 3.20. The third kappa shape index (κ3) is 3.69. The minimum atomic E-state index is 0.168. The molecule has 2 aliphatic heterocycles. The summed E-state index contributed by atoms with van der Waals surface area (Å²) in [7, 11) is 0. The molecule has 1 unspecified atom stereocenters. The van der Waals surface area contributed by atoms with E-state index in [0.29, 0.717) is 11.8 Å². The van der Waals surface area contributed by atoms with Gasteiger partial charge in [0.15, 0.2) is 5.75 Å². The van der Waals surface area contributed by atoms with Crippen molar-refractivity contribution in [1.82, 2.24) is 9.80 Å². The Morgan fingerprint density at radius 1 is 1.03 bits per heavy atom. The number of para-hydroxylation sites is 3. The van der Waals surface area contributed by atoms with Gasteiger partial charge < -0.3 is 14.5 Å². The molecular formula is C25H29N3O2. The van der Waals surface area contributed by atoms with E-state index in [-0.39, 0.29) is 6.04 Å². The van der Waals surface area contributed by atoms with Crippen LogP contribution in [-0.2, 0) is 4.79 Å². The van der Waals surface area contributed by atoms with Crippen molar-refractivity contribution in [2.24, 2.45) is 10.9 Å². The Labute approximate surface area is 178 Å². The number of carbonyl (C=O) groups is 1. The predicted molar refractivity (Wildman–Crippen MR) is 118 cm³/mol. The Morgan fingerprint density at radius 3 is 2.57 bits per heavy atom. The van der Waals surface area contributed by atoms with Crippen LogP contribution in [0, 0.1) is 5.92 Å². The first-order valence-electron chi connectivity index (χ1n) is 11.2. The van der Waals surface area contributed by atoms with Gasteiger partial charge in [-0.2, -0.15) is 0 Å². The highest BCUT2D eigenvalue weighted by Crippen LogP contribution is 2.38. The maximum absolute atomic E-state index is 12.9. The SMILES string of the molecule is CC1CN(C2=Nc3ccccc3Oc3ccccc32)CCN1C(=O)CC1CCCC1. The molecule has 0 N–H and O–H groups in total. The minimum absolute atomic E-state index is 0.168. The lowest BCUT2D eigenvalue weighted by Gasteiger charge is -2.41. The van der Waals surface area contributed by atoms with Gasteiger partial charge in [-0.05, 0) is 49.9 Å². The molecule has 1 saturated carbocycles. The number of hydrogen-bond acceptors (Lipinski definition) is 4. The van der Waals surface area contributed by atoms with Crippen LogP contribution in [0.5, 0.6) is 11.5 Å². The normalized spacial score (nSPS) is 21.4. The molecule has 0 radical (unpaired) electrons. The number of piperazine rings is 1. The zero-order chi connectivity index (χ0) is 20.5. The molecule has 5 nitrogen and oxygen atoms in total. The van der Waals surface area contributed by atoms with E-state index in [4.69, 9.17) is 9.73 Å². The van der Waals surface area contributed by atoms with E-state index in [0.717, 1.165) is 54.6 Å². The summed E-state index contributed by atoms with van der Waals surface area (Å²) in [5.74, 6) is 3.46. The van der Waals surface area contributed by atoms with E-state index in [9.17, 15) is 4.79 Å². The highest BCUT2D eigenvalue weighted by molar-refractivity contribution is 6.03. The molecular weight excluding hydrogens is 374 g/mol. The van der Waals surface area contributed by atoms with Crippen molar-refractivity contribution in [3.8, 4) is 11.5 Å². The van der Waals surface area contributed by atoms with E-state index in [1.807, 2.05) is 42.5 Å². The maximum atomic E-state index is 12.9. The van der Waals surface area contributed by atoms with Crippen LogP contribution in [0.3, 0.4) is 0 Å². The largest absolute Gasteiger partial charge is 0.454 e. The third-order valence-corrected chi connectivity index (χ3v) is 6.62. The predicted octanol–water partition coefficient (Wildman–Crippen LogP) is 4.98. The number of amides is 1. The van der Waals surface area contributed by atoms with Gasteiger partial charge in [0.2, 0.25) is 5.91 Å².